The van der Waals surface area contributed by atoms with Crippen LogP contribution in [0, 0.1) is 0 Å². The van der Waals surface area contributed by atoms with Gasteiger partial charge in [-0.15, -0.1) is 0 Å². The van der Waals surface area contributed by atoms with Crippen LogP contribution >= 0.6 is 0 Å². The monoisotopic (exact) mass is 272 g/mol. The zero-order chi connectivity index (χ0) is 13.8. The maximum Gasteiger partial charge on any atom is 0.240 e. The number of nitrogens with zero attached hydrogens (tertiary/aromatic N) is 3. The van der Waals surface area contributed by atoms with E-state index in [1.165, 1.54) is 5.56 Å². The summed E-state index contributed by atoms with van der Waals surface area (Å²) in [6.45, 7) is 6.02. The fourth-order valence-electron chi connectivity index (χ4n) is 2.50. The predicted molar refractivity (Wildman–Crippen MR) is 76.3 cm³/mol. The number of piperazine rings is 1. The number of hydrogen-bond donors (Lipinski definition) is 1. The molecule has 0 amide bonds. The maximum absolute atomic E-state index is 5.36. The molecule has 1 aromatic heterocycles. The van der Waals surface area contributed by atoms with E-state index in [2.05, 4.69) is 39.4 Å². The Morgan fingerprint density at radius 1 is 1.35 bits per heavy atom. The lowest BCUT2D eigenvalue weighted by atomic mass is 10.1. The predicted octanol–water partition coefficient (Wildman–Crippen LogP) is 1.45. The quantitative estimate of drug-likeness (QED) is 0.913. The molecule has 3 rings (SSSR count). The van der Waals surface area contributed by atoms with E-state index in [0.717, 1.165) is 38.4 Å². The molecule has 1 fully saturated rings. The molecule has 2 aromatic rings. The first-order valence-electron chi connectivity index (χ1n) is 7.11. The van der Waals surface area contributed by atoms with E-state index in [1.807, 2.05) is 18.2 Å². The van der Waals surface area contributed by atoms with E-state index >= 15 is 0 Å². The molecular weight excluding hydrogens is 252 g/mol. The zero-order valence-electron chi connectivity index (χ0n) is 11.7. The van der Waals surface area contributed by atoms with E-state index in [4.69, 9.17) is 4.52 Å². The molecule has 5 heteroatoms. The standard InChI is InChI=1S/C15H20N4O/c1-12-10-16-7-8-19(12)11-15-17-14(18-20-15)9-13-5-3-2-4-6-13/h2-6,12,16H,7-11H2,1H3/t12-/m0/s1. The summed E-state index contributed by atoms with van der Waals surface area (Å²) in [5, 5.41) is 7.45. The van der Waals surface area contributed by atoms with Gasteiger partial charge in [-0.3, -0.25) is 4.90 Å². The minimum Gasteiger partial charge on any atom is -0.338 e. The Kier molecular flexibility index (Phi) is 4.08. The van der Waals surface area contributed by atoms with Crippen molar-refractivity contribution in [1.29, 1.82) is 0 Å². The minimum absolute atomic E-state index is 0.508. The molecule has 0 bridgehead atoms. The van der Waals surface area contributed by atoms with Crippen molar-refractivity contribution in [3.05, 3.63) is 47.6 Å². The van der Waals surface area contributed by atoms with Crippen LogP contribution in [0.3, 0.4) is 0 Å². The maximum atomic E-state index is 5.36. The number of aromatic nitrogens is 2. The fourth-order valence-corrected chi connectivity index (χ4v) is 2.50. The first-order valence-corrected chi connectivity index (χ1v) is 7.11. The molecular formula is C15H20N4O. The van der Waals surface area contributed by atoms with Crippen molar-refractivity contribution in [1.82, 2.24) is 20.4 Å². The van der Waals surface area contributed by atoms with Crippen molar-refractivity contribution in [2.75, 3.05) is 19.6 Å². The van der Waals surface area contributed by atoms with Crippen molar-refractivity contribution in [3.63, 3.8) is 0 Å². The van der Waals surface area contributed by atoms with Crippen LogP contribution in [-0.4, -0.2) is 40.7 Å². The molecule has 0 saturated carbocycles. The number of hydrogen-bond acceptors (Lipinski definition) is 5. The van der Waals surface area contributed by atoms with Crippen LogP contribution in [0.5, 0.6) is 0 Å². The summed E-state index contributed by atoms with van der Waals surface area (Å²) in [7, 11) is 0. The van der Waals surface area contributed by atoms with Gasteiger partial charge in [0.2, 0.25) is 5.89 Å². The number of benzene rings is 1. The number of rotatable bonds is 4. The summed E-state index contributed by atoms with van der Waals surface area (Å²) in [5.74, 6) is 1.47. The van der Waals surface area contributed by atoms with Crippen LogP contribution in [0.1, 0.15) is 24.2 Å². The van der Waals surface area contributed by atoms with E-state index in [0.29, 0.717) is 11.9 Å². The van der Waals surface area contributed by atoms with Crippen LogP contribution < -0.4 is 5.32 Å². The molecule has 20 heavy (non-hydrogen) atoms. The summed E-state index contributed by atoms with van der Waals surface area (Å²) in [5.41, 5.74) is 1.20. The van der Waals surface area contributed by atoms with Gasteiger partial charge >= 0.3 is 0 Å². The molecule has 1 atom stereocenters. The molecule has 0 radical (unpaired) electrons. The lowest BCUT2D eigenvalue weighted by Gasteiger charge is -2.32. The van der Waals surface area contributed by atoms with Crippen molar-refractivity contribution in [2.24, 2.45) is 0 Å². The summed E-state index contributed by atoms with van der Waals surface area (Å²) in [6.07, 6.45) is 0.724. The van der Waals surface area contributed by atoms with Gasteiger partial charge in [-0.25, -0.2) is 0 Å². The van der Waals surface area contributed by atoms with Crippen LogP contribution in [0.2, 0.25) is 0 Å². The van der Waals surface area contributed by atoms with Gasteiger partial charge in [0.15, 0.2) is 5.82 Å². The SMILES string of the molecule is C[C@H]1CNCCN1Cc1nc(Cc2ccccc2)no1. The smallest absolute Gasteiger partial charge is 0.240 e. The molecule has 5 nitrogen and oxygen atoms in total. The molecule has 1 aliphatic heterocycles. The van der Waals surface area contributed by atoms with Gasteiger partial charge in [0.05, 0.1) is 6.54 Å². The fraction of sp³-hybridized carbons (Fsp3) is 0.467. The summed E-state index contributed by atoms with van der Waals surface area (Å²) in [6, 6.07) is 10.7. The average Bonchev–Trinajstić information content (AvgIpc) is 2.90. The Bertz CT molecular complexity index is 540. The van der Waals surface area contributed by atoms with Gasteiger partial charge in [-0.1, -0.05) is 35.5 Å². The molecule has 0 spiro atoms. The average molecular weight is 272 g/mol. The Labute approximate surface area is 119 Å². The van der Waals surface area contributed by atoms with E-state index < -0.39 is 0 Å². The second kappa shape index (κ2) is 6.15. The molecule has 2 heterocycles. The second-order valence-electron chi connectivity index (χ2n) is 5.29. The van der Waals surface area contributed by atoms with Crippen molar-refractivity contribution in [2.45, 2.75) is 25.9 Å². The lowest BCUT2D eigenvalue weighted by Crippen LogP contribution is -2.49. The first kappa shape index (κ1) is 13.3. The third-order valence-corrected chi connectivity index (χ3v) is 3.69. The van der Waals surface area contributed by atoms with Gasteiger partial charge in [0.25, 0.3) is 0 Å². The summed E-state index contributed by atoms with van der Waals surface area (Å²) >= 11 is 0. The van der Waals surface area contributed by atoms with Crippen molar-refractivity contribution in [3.8, 4) is 0 Å². The van der Waals surface area contributed by atoms with Gasteiger partial charge < -0.3 is 9.84 Å². The zero-order valence-corrected chi connectivity index (χ0v) is 11.7. The largest absolute Gasteiger partial charge is 0.338 e. The van der Waals surface area contributed by atoms with E-state index in [9.17, 15) is 0 Å². The Morgan fingerprint density at radius 3 is 3.00 bits per heavy atom. The first-order chi connectivity index (χ1) is 9.81. The highest BCUT2D eigenvalue weighted by molar-refractivity contribution is 5.18. The van der Waals surface area contributed by atoms with Crippen LogP contribution in [-0.2, 0) is 13.0 Å². The highest BCUT2D eigenvalue weighted by Crippen LogP contribution is 2.10. The summed E-state index contributed by atoms with van der Waals surface area (Å²) < 4.78 is 5.36. The molecule has 1 aromatic carbocycles. The Hall–Kier alpha value is -1.72. The minimum atomic E-state index is 0.508. The van der Waals surface area contributed by atoms with Crippen LogP contribution in [0.25, 0.3) is 0 Å². The molecule has 0 unspecified atom stereocenters. The number of nitrogens with one attached hydrogen (secondary N) is 1. The Morgan fingerprint density at radius 2 is 2.20 bits per heavy atom. The second-order valence-corrected chi connectivity index (χ2v) is 5.29. The van der Waals surface area contributed by atoms with Crippen molar-refractivity contribution >= 4 is 0 Å². The van der Waals surface area contributed by atoms with Gasteiger partial charge in [-0.2, -0.15) is 4.98 Å². The normalized spacial score (nSPS) is 20.1. The van der Waals surface area contributed by atoms with Crippen LogP contribution in [0.15, 0.2) is 34.9 Å². The van der Waals surface area contributed by atoms with Gasteiger partial charge in [0, 0.05) is 32.1 Å². The highest BCUT2D eigenvalue weighted by Gasteiger charge is 2.20. The summed E-state index contributed by atoms with van der Waals surface area (Å²) in [4.78, 5) is 6.87. The topological polar surface area (TPSA) is 54.2 Å². The molecule has 1 aliphatic rings. The molecule has 1 saturated heterocycles. The van der Waals surface area contributed by atoms with E-state index in [1.54, 1.807) is 0 Å². The Balaban J connectivity index is 1.62. The highest BCUT2D eigenvalue weighted by atomic mass is 16.5. The van der Waals surface area contributed by atoms with Crippen LogP contribution in [0.4, 0.5) is 0 Å². The third kappa shape index (κ3) is 3.23. The molecule has 0 aliphatic carbocycles. The van der Waals surface area contributed by atoms with Gasteiger partial charge in [-0.05, 0) is 12.5 Å². The lowest BCUT2D eigenvalue weighted by molar-refractivity contribution is 0.146. The van der Waals surface area contributed by atoms with E-state index in [-0.39, 0.29) is 0 Å². The third-order valence-electron chi connectivity index (χ3n) is 3.69. The van der Waals surface area contributed by atoms with Crippen molar-refractivity contribution < 1.29 is 4.52 Å². The van der Waals surface area contributed by atoms with Gasteiger partial charge in [0.1, 0.15) is 0 Å². The molecule has 106 valence electrons. The molecule has 1 N–H and O–H groups in total.